The number of hydrogen-bond donors (Lipinski definition) is 1. The fourth-order valence-electron chi connectivity index (χ4n) is 1.07. The van der Waals surface area contributed by atoms with E-state index < -0.39 is 18.1 Å². The van der Waals surface area contributed by atoms with Crippen LogP contribution in [0, 0.1) is 0 Å². The topological polar surface area (TPSA) is 50.2 Å². The molecule has 3 nitrogen and oxygen atoms in total. The van der Waals surface area contributed by atoms with Gasteiger partial charge >= 0.3 is 5.97 Å². The predicted octanol–water partition coefficient (Wildman–Crippen LogP) is 3.27. The minimum Gasteiger partial charge on any atom is -0.478 e. The molecule has 0 amide bonds. The van der Waals surface area contributed by atoms with Crippen molar-refractivity contribution in [1.82, 2.24) is 4.98 Å². The molecule has 0 radical (unpaired) electrons. The summed E-state index contributed by atoms with van der Waals surface area (Å²) in [6.07, 6.45) is -2.85. The van der Waals surface area contributed by atoms with Gasteiger partial charge in [0.1, 0.15) is 10.8 Å². The summed E-state index contributed by atoms with van der Waals surface area (Å²) in [5.41, 5.74) is -0.916. The molecule has 1 N–H and O–H groups in total. The molecule has 0 aliphatic rings. The Balaban J connectivity index is 3.45. The number of aromatic carboxylic acids is 1. The van der Waals surface area contributed by atoms with E-state index in [-0.39, 0.29) is 21.6 Å². The van der Waals surface area contributed by atoms with E-state index in [0.717, 1.165) is 6.07 Å². The van der Waals surface area contributed by atoms with Gasteiger partial charge in [0, 0.05) is 10.9 Å². The number of carboxylic acids is 1. The Labute approximate surface area is 97.2 Å². The number of carboxylic acid groups (broad SMARTS) is 1. The standard InChI is InChI=1S/C8H5BrClF2NO2/c9-2-4-3(8(14)15)1-5(10)13-6(4)7(11)12/h1,7H,2H2,(H,14,15). The second kappa shape index (κ2) is 4.85. The summed E-state index contributed by atoms with van der Waals surface area (Å²) in [4.78, 5) is 14.2. The molecule has 1 rings (SSSR count). The molecule has 1 aromatic heterocycles. The lowest BCUT2D eigenvalue weighted by atomic mass is 10.1. The molecule has 15 heavy (non-hydrogen) atoms. The van der Waals surface area contributed by atoms with Crippen LogP contribution in [0.2, 0.25) is 5.15 Å². The minimum absolute atomic E-state index is 0.0154. The summed E-state index contributed by atoms with van der Waals surface area (Å²) in [7, 11) is 0. The van der Waals surface area contributed by atoms with Crippen LogP contribution in [-0.2, 0) is 5.33 Å². The van der Waals surface area contributed by atoms with Gasteiger partial charge in [0.15, 0.2) is 0 Å². The second-order valence-electron chi connectivity index (χ2n) is 2.60. The fraction of sp³-hybridized carbons (Fsp3) is 0.250. The number of pyridine rings is 1. The van der Waals surface area contributed by atoms with Crippen LogP contribution in [0.5, 0.6) is 0 Å². The summed E-state index contributed by atoms with van der Waals surface area (Å²) in [6, 6.07) is 1.05. The highest BCUT2D eigenvalue weighted by Crippen LogP contribution is 2.27. The summed E-state index contributed by atoms with van der Waals surface area (Å²) in [5, 5.41) is 8.50. The van der Waals surface area contributed by atoms with Gasteiger partial charge in [-0.3, -0.25) is 0 Å². The van der Waals surface area contributed by atoms with Crippen LogP contribution in [-0.4, -0.2) is 16.1 Å². The maximum Gasteiger partial charge on any atom is 0.336 e. The third-order valence-corrected chi connectivity index (χ3v) is 2.45. The van der Waals surface area contributed by atoms with Gasteiger partial charge in [-0.25, -0.2) is 18.6 Å². The molecule has 1 aromatic rings. The van der Waals surface area contributed by atoms with Crippen LogP contribution in [0.15, 0.2) is 6.07 Å². The normalized spacial score (nSPS) is 10.7. The van der Waals surface area contributed by atoms with E-state index in [1.54, 1.807) is 0 Å². The number of halogens is 4. The van der Waals surface area contributed by atoms with Crippen molar-refractivity contribution < 1.29 is 18.7 Å². The zero-order valence-corrected chi connectivity index (χ0v) is 9.52. The van der Waals surface area contributed by atoms with Crippen LogP contribution in [0.25, 0.3) is 0 Å². The molecule has 0 aromatic carbocycles. The number of aromatic nitrogens is 1. The molecule has 82 valence electrons. The molecule has 0 unspecified atom stereocenters. The van der Waals surface area contributed by atoms with Gasteiger partial charge in [-0.2, -0.15) is 0 Å². The average molecular weight is 300 g/mol. The van der Waals surface area contributed by atoms with Crippen molar-refractivity contribution in [2.45, 2.75) is 11.8 Å². The van der Waals surface area contributed by atoms with Gasteiger partial charge in [0.05, 0.1) is 5.56 Å². The molecule has 0 saturated carbocycles. The van der Waals surface area contributed by atoms with Crippen molar-refractivity contribution in [3.05, 3.63) is 28.0 Å². The summed E-state index contributed by atoms with van der Waals surface area (Å²) in [5.74, 6) is -1.31. The predicted molar refractivity (Wildman–Crippen MR) is 53.8 cm³/mol. The SMILES string of the molecule is O=C(O)c1cc(Cl)nc(C(F)F)c1CBr. The van der Waals surface area contributed by atoms with Crippen molar-refractivity contribution in [3.8, 4) is 0 Å². The lowest BCUT2D eigenvalue weighted by Gasteiger charge is -2.09. The van der Waals surface area contributed by atoms with Crippen LogP contribution in [0.4, 0.5) is 8.78 Å². The molecular formula is C8H5BrClF2NO2. The summed E-state index contributed by atoms with van der Waals surface area (Å²) >= 11 is 8.38. The van der Waals surface area contributed by atoms with Gasteiger partial charge in [0.25, 0.3) is 6.43 Å². The van der Waals surface area contributed by atoms with Crippen LogP contribution in [0.1, 0.15) is 28.0 Å². The first-order valence-electron chi connectivity index (χ1n) is 3.74. The van der Waals surface area contributed by atoms with E-state index in [9.17, 15) is 13.6 Å². The zero-order valence-electron chi connectivity index (χ0n) is 7.18. The molecule has 0 aliphatic heterocycles. The highest BCUT2D eigenvalue weighted by atomic mass is 79.9. The van der Waals surface area contributed by atoms with E-state index in [4.69, 9.17) is 16.7 Å². The number of nitrogens with zero attached hydrogens (tertiary/aromatic N) is 1. The fourth-order valence-corrected chi connectivity index (χ4v) is 1.86. The Morgan fingerprint density at radius 1 is 1.67 bits per heavy atom. The molecular weight excluding hydrogens is 295 g/mol. The smallest absolute Gasteiger partial charge is 0.336 e. The highest BCUT2D eigenvalue weighted by Gasteiger charge is 2.21. The van der Waals surface area contributed by atoms with Gasteiger partial charge < -0.3 is 5.11 Å². The summed E-state index contributed by atoms with van der Waals surface area (Å²) in [6.45, 7) is 0. The van der Waals surface area contributed by atoms with Crippen molar-refractivity contribution in [1.29, 1.82) is 0 Å². The van der Waals surface area contributed by atoms with Gasteiger partial charge in [0.2, 0.25) is 0 Å². The number of carbonyl (C=O) groups is 1. The Hall–Kier alpha value is -0.750. The number of rotatable bonds is 3. The van der Waals surface area contributed by atoms with Crippen molar-refractivity contribution in [2.75, 3.05) is 0 Å². The highest BCUT2D eigenvalue weighted by molar-refractivity contribution is 9.08. The van der Waals surface area contributed by atoms with Crippen molar-refractivity contribution in [3.63, 3.8) is 0 Å². The van der Waals surface area contributed by atoms with Crippen LogP contribution >= 0.6 is 27.5 Å². The molecule has 0 atom stereocenters. The lowest BCUT2D eigenvalue weighted by Crippen LogP contribution is -2.07. The van der Waals surface area contributed by atoms with E-state index in [1.165, 1.54) is 0 Å². The van der Waals surface area contributed by atoms with Crippen LogP contribution < -0.4 is 0 Å². The van der Waals surface area contributed by atoms with Gasteiger partial charge in [-0.05, 0) is 6.07 Å². The third kappa shape index (κ3) is 2.63. The van der Waals surface area contributed by atoms with E-state index >= 15 is 0 Å². The second-order valence-corrected chi connectivity index (χ2v) is 3.54. The van der Waals surface area contributed by atoms with Crippen molar-refractivity contribution in [2.24, 2.45) is 0 Å². The van der Waals surface area contributed by atoms with E-state index in [1.807, 2.05) is 0 Å². The van der Waals surface area contributed by atoms with Crippen molar-refractivity contribution >= 4 is 33.5 Å². The monoisotopic (exact) mass is 299 g/mol. The molecule has 7 heteroatoms. The first-order chi connectivity index (χ1) is 6.97. The molecule has 1 heterocycles. The maximum atomic E-state index is 12.5. The number of alkyl halides is 3. The van der Waals surface area contributed by atoms with E-state index in [2.05, 4.69) is 20.9 Å². The third-order valence-electron chi connectivity index (χ3n) is 1.70. The first kappa shape index (κ1) is 12.3. The molecule has 0 fully saturated rings. The Kier molecular flexibility index (Phi) is 3.98. The quantitative estimate of drug-likeness (QED) is 0.688. The minimum atomic E-state index is -2.85. The maximum absolute atomic E-state index is 12.5. The van der Waals surface area contributed by atoms with Crippen LogP contribution in [0.3, 0.4) is 0 Å². The average Bonchev–Trinajstić information content (AvgIpc) is 2.16. The molecule has 0 bridgehead atoms. The largest absolute Gasteiger partial charge is 0.478 e. The summed E-state index contributed by atoms with van der Waals surface area (Å²) < 4.78 is 25.0. The van der Waals surface area contributed by atoms with Gasteiger partial charge in [-0.1, -0.05) is 27.5 Å². The Morgan fingerprint density at radius 2 is 2.27 bits per heavy atom. The first-order valence-corrected chi connectivity index (χ1v) is 5.24. The van der Waals surface area contributed by atoms with Gasteiger partial charge in [-0.15, -0.1) is 0 Å². The number of hydrogen-bond acceptors (Lipinski definition) is 2. The lowest BCUT2D eigenvalue weighted by molar-refractivity contribution is 0.0695. The Morgan fingerprint density at radius 3 is 2.67 bits per heavy atom. The zero-order chi connectivity index (χ0) is 11.6. The molecule has 0 spiro atoms. The molecule has 0 aliphatic carbocycles. The molecule has 0 saturated heterocycles. The van der Waals surface area contributed by atoms with E-state index in [0.29, 0.717) is 0 Å². The Bertz CT molecular complexity index is 400.